The summed E-state index contributed by atoms with van der Waals surface area (Å²) in [4.78, 5) is 14.3. The monoisotopic (exact) mass is 151 g/mol. The molecule has 0 saturated heterocycles. The van der Waals surface area contributed by atoms with Gasteiger partial charge >= 0.3 is 59.6 Å². The molecule has 0 aliphatic rings. The molecule has 0 aromatic carbocycles. The number of rotatable bonds is 0. The molecule has 0 amide bonds. The Bertz CT molecular complexity index is 37.9. The Morgan fingerprint density at radius 1 is 1.50 bits per heavy atom. The van der Waals surface area contributed by atoms with E-state index in [4.69, 9.17) is 14.4 Å². The van der Waals surface area contributed by atoms with Gasteiger partial charge < -0.3 is 11.2 Å². The first kappa shape index (κ1) is 15.8. The Morgan fingerprint density at radius 2 is 1.50 bits per heavy atom. The third-order valence-corrected chi connectivity index (χ3v) is 0. The van der Waals surface area contributed by atoms with E-state index < -0.39 is 8.25 Å². The Labute approximate surface area is 91.1 Å². The Morgan fingerprint density at radius 3 is 1.50 bits per heavy atom. The van der Waals surface area contributed by atoms with Gasteiger partial charge in [-0.1, -0.05) is 0 Å². The molecule has 0 unspecified atom stereocenters. The van der Waals surface area contributed by atoms with E-state index in [0.717, 1.165) is 0 Å². The molecule has 6 heteroatoms. The maximum absolute atomic E-state index is 8.74. The van der Waals surface area contributed by atoms with Crippen LogP contribution in [0, 0.1) is 0 Å². The number of hydrogen-bond donors (Lipinski definition) is 2. The first-order chi connectivity index (χ1) is 1.73. The zero-order chi connectivity index (χ0) is 3.58. The van der Waals surface area contributed by atoms with Crippen LogP contribution < -0.4 is 51.4 Å². The van der Waals surface area contributed by atoms with Crippen LogP contribution in [-0.2, 0) is 4.57 Å². The first-order valence-corrected chi connectivity index (χ1v) is 1.95. The maximum atomic E-state index is 8.74. The van der Waals surface area contributed by atoms with Crippen LogP contribution in [0.1, 0.15) is 1.43 Å². The zero-order valence-electron chi connectivity index (χ0n) is 4.80. The molecule has 0 aromatic heterocycles. The van der Waals surface area contributed by atoms with Crippen molar-refractivity contribution in [2.75, 3.05) is 0 Å². The van der Waals surface area contributed by atoms with Gasteiger partial charge in [0.25, 0.3) is 0 Å². The van der Waals surface area contributed by atoms with Crippen molar-refractivity contribution in [3.8, 4) is 0 Å². The second kappa shape index (κ2) is 10.3. The summed E-state index contributed by atoms with van der Waals surface area (Å²) in [6, 6.07) is 0. The quantitative estimate of drug-likeness (QED) is 0.271. The molecule has 2 N–H and O–H groups in total. The smallest absolute Gasteiger partial charge is 1.00 e. The fourth-order valence-corrected chi connectivity index (χ4v) is 0. The van der Waals surface area contributed by atoms with Gasteiger partial charge in [0.1, 0.15) is 17.4 Å². The summed E-state index contributed by atoms with van der Waals surface area (Å²) in [7, 11) is -3.13. The Balaban J connectivity index is -0.0000000150. The predicted molar refractivity (Wildman–Crippen MR) is 23.1 cm³/mol. The van der Waals surface area contributed by atoms with E-state index in [1.165, 1.54) is 0 Å². The molecule has 0 rings (SSSR count). The summed E-state index contributed by atoms with van der Waals surface area (Å²) in [5.74, 6) is 0. The largest absolute Gasteiger partial charge is 1.00 e. The minimum atomic E-state index is -3.13. The molecule has 0 fully saturated rings. The Kier molecular flexibility index (Phi) is 27.1. The molecule has 0 aliphatic heterocycles. The fourth-order valence-electron chi connectivity index (χ4n) is 0. The van der Waals surface area contributed by atoms with Gasteiger partial charge in [-0.15, -0.1) is 0 Å². The first-order valence-electron chi connectivity index (χ1n) is 0.651. The van der Waals surface area contributed by atoms with E-state index in [2.05, 4.69) is 0 Å². The number of hydrogen-bond acceptors (Lipinski definition) is 1. The molecule has 0 aliphatic carbocycles. The molecule has 6 heavy (non-hydrogen) atoms. The van der Waals surface area contributed by atoms with Gasteiger partial charge in [-0.05, 0) is 0 Å². The van der Waals surface area contributed by atoms with Crippen LogP contribution in [0.3, 0.4) is 0 Å². The van der Waals surface area contributed by atoms with E-state index in [1.54, 1.807) is 0 Å². The third kappa shape index (κ3) is 33.2. The van der Waals surface area contributed by atoms with E-state index in [-0.39, 0.29) is 70.2 Å². The van der Waals surface area contributed by atoms with Gasteiger partial charge in [-0.25, -0.2) is 0 Å². The summed E-state index contributed by atoms with van der Waals surface area (Å²) < 4.78 is 8.74. The average molecular weight is 151 g/mol. The Hall–Kier alpha value is 2.32. The summed E-state index contributed by atoms with van der Waals surface area (Å²) in [6.07, 6.45) is 0. The van der Waals surface area contributed by atoms with Crippen molar-refractivity contribution in [1.82, 2.24) is 0 Å². The molecule has 0 saturated carbocycles. The van der Waals surface area contributed by atoms with E-state index in [1.807, 2.05) is 0 Å². The fraction of sp³-hybridized carbons (Fsp3) is 0. The molecule has 3 nitrogen and oxygen atoms in total. The van der Waals surface area contributed by atoms with E-state index in [0.29, 0.717) is 0 Å². The van der Waals surface area contributed by atoms with Crippen LogP contribution in [0.15, 0.2) is 0 Å². The minimum absolute atomic E-state index is 0. The van der Waals surface area contributed by atoms with Crippen molar-refractivity contribution in [3.63, 3.8) is 0 Å². The average Bonchev–Trinajstić information content (AvgIpc) is 0.811. The maximum Gasteiger partial charge on any atom is 1.00 e. The topological polar surface area (TPSA) is 57.5 Å². The van der Waals surface area contributed by atoms with Gasteiger partial charge in [0.15, 0.2) is 0 Å². The molecule has 33 valence electrons. The van der Waals surface area contributed by atoms with Crippen molar-refractivity contribution in [1.29, 1.82) is 0 Å². The summed E-state index contributed by atoms with van der Waals surface area (Å²) in [5, 5.41) is 0. The summed E-state index contributed by atoms with van der Waals surface area (Å²) in [5.41, 5.74) is 0. The zero-order valence-corrected chi connectivity index (χ0v) is 9.93. The van der Waals surface area contributed by atoms with E-state index >= 15 is 0 Å². The standard InChI is InChI=1S/Al.K.H3O3P.3H/c;;1-4(2)3;;;/h;;4H,(H2,1,2,3);;;/q;+1;;;;-1. The van der Waals surface area contributed by atoms with Crippen LogP contribution in [0.5, 0.6) is 0 Å². The molecule has 0 atom stereocenters. The summed E-state index contributed by atoms with van der Waals surface area (Å²) >= 11 is 0. The minimum Gasteiger partial charge on any atom is -1.00 e. The van der Waals surface area contributed by atoms with Crippen molar-refractivity contribution in [2.45, 2.75) is 0 Å². The van der Waals surface area contributed by atoms with Crippen LogP contribution in [0.25, 0.3) is 0 Å². The molecule has 0 bridgehead atoms. The second-order valence-electron chi connectivity index (χ2n) is 0.283. The van der Waals surface area contributed by atoms with Gasteiger partial charge in [0, 0.05) is 0 Å². The summed E-state index contributed by atoms with van der Waals surface area (Å²) in [6.45, 7) is 0. The molecule has 0 aromatic rings. The van der Waals surface area contributed by atoms with Crippen molar-refractivity contribution in [2.24, 2.45) is 0 Å². The van der Waals surface area contributed by atoms with Crippen LogP contribution in [0.4, 0.5) is 0 Å². The molecule has 0 spiro atoms. The molecule has 1 radical (unpaired) electrons. The molecule has 0 heterocycles. The van der Waals surface area contributed by atoms with Gasteiger partial charge in [0.05, 0.1) is 0 Å². The van der Waals surface area contributed by atoms with Crippen LogP contribution in [0.2, 0.25) is 0 Å². The normalized spacial score (nSPS) is 5.83. The molecular formula is H6AlKO3P. The van der Waals surface area contributed by atoms with Gasteiger partial charge in [0.2, 0.25) is 0 Å². The van der Waals surface area contributed by atoms with Gasteiger partial charge in [-0.3, -0.25) is 4.57 Å². The predicted octanol–water partition coefficient (Wildman–Crippen LogP) is -4.44. The van der Waals surface area contributed by atoms with Gasteiger partial charge in [-0.2, -0.15) is 0 Å². The second-order valence-corrected chi connectivity index (χ2v) is 0.848. The van der Waals surface area contributed by atoms with Crippen LogP contribution >= 0.6 is 8.25 Å². The SMILES string of the molecule is O=[PH](O)O.[AlH2].[H-].[K+]. The van der Waals surface area contributed by atoms with Crippen molar-refractivity contribution >= 4 is 25.6 Å². The van der Waals surface area contributed by atoms with Crippen molar-refractivity contribution in [3.05, 3.63) is 0 Å². The van der Waals surface area contributed by atoms with E-state index in [9.17, 15) is 0 Å². The van der Waals surface area contributed by atoms with Crippen molar-refractivity contribution < 1.29 is 67.2 Å². The van der Waals surface area contributed by atoms with Crippen LogP contribution in [-0.4, -0.2) is 27.1 Å². The third-order valence-electron chi connectivity index (χ3n) is 0. The molecular weight excluding hydrogens is 145 g/mol.